The van der Waals surface area contributed by atoms with Gasteiger partial charge in [0.2, 0.25) is 5.91 Å². The number of nitrogens with one attached hydrogen (secondary N) is 1. The number of rotatable bonds is 8. The maximum atomic E-state index is 12.8. The summed E-state index contributed by atoms with van der Waals surface area (Å²) < 4.78 is 10.8. The van der Waals surface area contributed by atoms with Crippen LogP contribution in [0.4, 0.5) is 10.5 Å². The Morgan fingerprint density at radius 2 is 1.94 bits per heavy atom. The van der Waals surface area contributed by atoms with E-state index in [1.54, 1.807) is 36.4 Å². The minimum atomic E-state index is -1.17. The molecule has 1 fully saturated rings. The van der Waals surface area contributed by atoms with Crippen LogP contribution in [-0.4, -0.2) is 52.8 Å². The molecule has 10 heteroatoms. The molecule has 1 aliphatic rings. The van der Waals surface area contributed by atoms with Crippen LogP contribution in [0.1, 0.15) is 18.1 Å². The summed E-state index contributed by atoms with van der Waals surface area (Å²) in [5.41, 5.74) is 1.88. The lowest BCUT2D eigenvalue weighted by Gasteiger charge is -2.16. The van der Waals surface area contributed by atoms with Gasteiger partial charge in [0.05, 0.1) is 12.0 Å². The first-order valence-electron chi connectivity index (χ1n) is 9.88. The Balaban J connectivity index is 1.80. The Morgan fingerprint density at radius 3 is 2.61 bits per heavy atom. The van der Waals surface area contributed by atoms with Crippen molar-refractivity contribution in [1.29, 1.82) is 0 Å². The standard InChI is InChI=1S/C23H22N2O7S/c1-13-6-4-8-16(10-13)24-19(26)12-25-21(27)18(33-23(25)30)11-15-7-5-9-17(31-3)20(15)32-14(2)22(28)29/h4-11,14H,12H2,1-3H3,(H,24,26)(H,28,29)/b18-11-/t14-/m0/s1. The maximum absolute atomic E-state index is 12.8. The number of hydrogen-bond acceptors (Lipinski definition) is 7. The molecule has 0 aliphatic carbocycles. The van der Waals surface area contributed by atoms with Crippen molar-refractivity contribution in [2.75, 3.05) is 19.0 Å². The second-order valence-corrected chi connectivity index (χ2v) is 8.16. The number of carboxylic acid groups (broad SMARTS) is 1. The monoisotopic (exact) mass is 470 g/mol. The van der Waals surface area contributed by atoms with Gasteiger partial charge in [-0.05, 0) is 55.4 Å². The van der Waals surface area contributed by atoms with Crippen molar-refractivity contribution in [2.24, 2.45) is 0 Å². The Morgan fingerprint density at radius 1 is 1.21 bits per heavy atom. The second-order valence-electron chi connectivity index (χ2n) is 7.16. The first kappa shape index (κ1) is 23.9. The molecule has 1 aliphatic heterocycles. The van der Waals surface area contributed by atoms with Crippen LogP contribution < -0.4 is 14.8 Å². The van der Waals surface area contributed by atoms with E-state index in [2.05, 4.69) is 5.32 Å². The number of amides is 3. The van der Waals surface area contributed by atoms with Crippen LogP contribution in [-0.2, 0) is 14.4 Å². The Hall–Kier alpha value is -3.79. The Kier molecular flexibility index (Phi) is 7.39. The van der Waals surface area contributed by atoms with Gasteiger partial charge in [-0.15, -0.1) is 0 Å². The Labute approximate surface area is 194 Å². The van der Waals surface area contributed by atoms with Crippen LogP contribution in [0.5, 0.6) is 11.5 Å². The van der Waals surface area contributed by atoms with Gasteiger partial charge in [-0.25, -0.2) is 4.79 Å². The number of hydrogen-bond donors (Lipinski definition) is 2. The van der Waals surface area contributed by atoms with E-state index in [0.717, 1.165) is 10.5 Å². The van der Waals surface area contributed by atoms with Gasteiger partial charge in [-0.1, -0.05) is 24.3 Å². The van der Waals surface area contributed by atoms with E-state index < -0.39 is 35.7 Å². The third-order valence-corrected chi connectivity index (χ3v) is 5.54. The fourth-order valence-electron chi connectivity index (χ4n) is 3.00. The zero-order valence-electron chi connectivity index (χ0n) is 18.2. The smallest absolute Gasteiger partial charge is 0.344 e. The highest BCUT2D eigenvalue weighted by Gasteiger charge is 2.36. The number of ether oxygens (including phenoxy) is 2. The van der Waals surface area contributed by atoms with Gasteiger partial charge in [0.1, 0.15) is 6.54 Å². The molecule has 1 saturated heterocycles. The zero-order chi connectivity index (χ0) is 24.1. The third kappa shape index (κ3) is 5.72. The number of methoxy groups -OCH3 is 1. The van der Waals surface area contributed by atoms with Crippen LogP contribution in [0.3, 0.4) is 0 Å². The quantitative estimate of drug-likeness (QED) is 0.562. The number of aliphatic carboxylic acids is 1. The van der Waals surface area contributed by atoms with Gasteiger partial charge in [0.15, 0.2) is 17.6 Å². The molecule has 9 nitrogen and oxygen atoms in total. The number of imide groups is 1. The molecule has 2 N–H and O–H groups in total. The molecule has 3 amide bonds. The predicted octanol–water partition coefficient (Wildman–Crippen LogP) is 3.53. The van der Waals surface area contributed by atoms with E-state index in [1.807, 2.05) is 13.0 Å². The van der Waals surface area contributed by atoms with Crippen molar-refractivity contribution >= 4 is 46.5 Å². The Bertz CT molecular complexity index is 1150. The van der Waals surface area contributed by atoms with Gasteiger partial charge in [-0.3, -0.25) is 19.3 Å². The van der Waals surface area contributed by atoms with Crippen LogP contribution in [0.2, 0.25) is 0 Å². The number of carbonyl (C=O) groups is 4. The summed E-state index contributed by atoms with van der Waals surface area (Å²) in [4.78, 5) is 49.8. The van der Waals surface area contributed by atoms with Crippen molar-refractivity contribution in [3.05, 3.63) is 58.5 Å². The minimum Gasteiger partial charge on any atom is -0.493 e. The summed E-state index contributed by atoms with van der Waals surface area (Å²) in [6.45, 7) is 2.80. The van der Waals surface area contributed by atoms with E-state index in [4.69, 9.17) is 14.6 Å². The van der Waals surface area contributed by atoms with Gasteiger partial charge in [0, 0.05) is 11.3 Å². The zero-order valence-corrected chi connectivity index (χ0v) is 19.0. The highest BCUT2D eigenvalue weighted by atomic mass is 32.2. The number of benzene rings is 2. The molecule has 1 atom stereocenters. The van der Waals surface area contributed by atoms with Crippen LogP contribution in [0, 0.1) is 6.92 Å². The summed E-state index contributed by atoms with van der Waals surface area (Å²) in [6.07, 6.45) is 0.240. The minimum absolute atomic E-state index is 0.0736. The number of para-hydroxylation sites is 1. The van der Waals surface area contributed by atoms with Crippen LogP contribution in [0.25, 0.3) is 6.08 Å². The SMILES string of the molecule is COc1cccc(/C=C2\SC(=O)N(CC(=O)Nc3cccc(C)c3)C2=O)c1O[C@@H](C)C(=O)O. The summed E-state index contributed by atoms with van der Waals surface area (Å²) in [7, 11) is 1.40. The highest BCUT2D eigenvalue weighted by molar-refractivity contribution is 8.18. The summed E-state index contributed by atoms with van der Waals surface area (Å²) in [5, 5.41) is 11.2. The first-order chi connectivity index (χ1) is 15.7. The van der Waals surface area contributed by atoms with Crippen molar-refractivity contribution in [3.8, 4) is 11.5 Å². The van der Waals surface area contributed by atoms with Gasteiger partial charge < -0.3 is 19.9 Å². The maximum Gasteiger partial charge on any atom is 0.344 e. The fraction of sp³-hybridized carbons (Fsp3) is 0.217. The van der Waals surface area contributed by atoms with Crippen molar-refractivity contribution in [3.63, 3.8) is 0 Å². The molecule has 1 heterocycles. The molecular weight excluding hydrogens is 448 g/mol. The van der Waals surface area contributed by atoms with Gasteiger partial charge >= 0.3 is 5.97 Å². The lowest BCUT2D eigenvalue weighted by atomic mass is 10.1. The van der Waals surface area contributed by atoms with Crippen molar-refractivity contribution < 1.29 is 33.8 Å². The molecule has 0 spiro atoms. The number of carbonyl (C=O) groups excluding carboxylic acids is 3. The molecular formula is C23H22N2O7S. The number of carboxylic acids is 1. The molecule has 33 heavy (non-hydrogen) atoms. The lowest BCUT2D eigenvalue weighted by molar-refractivity contribution is -0.144. The van der Waals surface area contributed by atoms with E-state index in [0.29, 0.717) is 23.0 Å². The van der Waals surface area contributed by atoms with E-state index in [-0.39, 0.29) is 16.4 Å². The molecule has 0 bridgehead atoms. The average molecular weight is 471 g/mol. The molecule has 3 rings (SSSR count). The summed E-state index contributed by atoms with van der Waals surface area (Å²) in [5.74, 6) is -1.92. The van der Waals surface area contributed by atoms with Crippen LogP contribution in [0.15, 0.2) is 47.4 Å². The highest BCUT2D eigenvalue weighted by Crippen LogP contribution is 2.37. The van der Waals surface area contributed by atoms with Gasteiger partial charge in [-0.2, -0.15) is 0 Å². The largest absolute Gasteiger partial charge is 0.493 e. The summed E-state index contributed by atoms with van der Waals surface area (Å²) >= 11 is 0.681. The van der Waals surface area contributed by atoms with E-state index in [1.165, 1.54) is 20.1 Å². The van der Waals surface area contributed by atoms with E-state index >= 15 is 0 Å². The first-order valence-corrected chi connectivity index (χ1v) is 10.7. The fourth-order valence-corrected chi connectivity index (χ4v) is 3.83. The molecule has 0 radical (unpaired) electrons. The third-order valence-electron chi connectivity index (χ3n) is 4.64. The van der Waals surface area contributed by atoms with E-state index in [9.17, 15) is 19.2 Å². The molecule has 172 valence electrons. The summed E-state index contributed by atoms with van der Waals surface area (Å²) in [6, 6.07) is 12.0. The predicted molar refractivity (Wildman–Crippen MR) is 123 cm³/mol. The topological polar surface area (TPSA) is 122 Å². The van der Waals surface area contributed by atoms with Crippen molar-refractivity contribution in [2.45, 2.75) is 20.0 Å². The number of anilines is 1. The average Bonchev–Trinajstić information content (AvgIpc) is 3.02. The molecule has 0 saturated carbocycles. The molecule has 2 aromatic rings. The normalized spacial score (nSPS) is 15.5. The van der Waals surface area contributed by atoms with Gasteiger partial charge in [0.25, 0.3) is 11.1 Å². The van der Waals surface area contributed by atoms with Crippen molar-refractivity contribution in [1.82, 2.24) is 4.90 Å². The molecule has 0 unspecified atom stereocenters. The number of aryl methyl sites for hydroxylation is 1. The lowest BCUT2D eigenvalue weighted by Crippen LogP contribution is -2.36. The molecule has 0 aromatic heterocycles. The molecule has 2 aromatic carbocycles. The number of thioether (sulfide) groups is 1. The second kappa shape index (κ2) is 10.2. The van der Waals surface area contributed by atoms with Crippen LogP contribution >= 0.6 is 11.8 Å². The number of nitrogens with zero attached hydrogens (tertiary/aromatic N) is 1.